The van der Waals surface area contributed by atoms with Gasteiger partial charge >= 0.3 is 0 Å². The van der Waals surface area contributed by atoms with Gasteiger partial charge in [0.15, 0.2) is 11.5 Å². The molecule has 0 unspecified atom stereocenters. The predicted octanol–water partition coefficient (Wildman–Crippen LogP) is 5.67. The van der Waals surface area contributed by atoms with Crippen molar-refractivity contribution in [3.8, 4) is 11.5 Å². The first-order chi connectivity index (χ1) is 10.5. The van der Waals surface area contributed by atoms with Gasteiger partial charge in [0, 0.05) is 22.7 Å². The van der Waals surface area contributed by atoms with Gasteiger partial charge in [0.2, 0.25) is 0 Å². The maximum atomic E-state index is 6.30. The SMILES string of the molecule is CCOc1cc(Cl)c(CNc2cc(Cl)ccc2Cl)cc1OC. The average molecular weight is 361 g/mol. The Morgan fingerprint density at radius 2 is 1.77 bits per heavy atom. The Labute approximate surface area is 145 Å². The summed E-state index contributed by atoms with van der Waals surface area (Å²) in [4.78, 5) is 0. The highest BCUT2D eigenvalue weighted by molar-refractivity contribution is 6.35. The van der Waals surface area contributed by atoms with Gasteiger partial charge in [-0.3, -0.25) is 0 Å². The van der Waals surface area contributed by atoms with E-state index >= 15 is 0 Å². The fourth-order valence-electron chi connectivity index (χ4n) is 1.96. The van der Waals surface area contributed by atoms with Crippen LogP contribution in [0.5, 0.6) is 11.5 Å². The molecule has 0 aromatic heterocycles. The monoisotopic (exact) mass is 359 g/mol. The zero-order chi connectivity index (χ0) is 16.1. The van der Waals surface area contributed by atoms with Crippen molar-refractivity contribution in [2.75, 3.05) is 19.0 Å². The first kappa shape index (κ1) is 17.1. The highest BCUT2D eigenvalue weighted by atomic mass is 35.5. The molecular weight excluding hydrogens is 345 g/mol. The summed E-state index contributed by atoms with van der Waals surface area (Å²) < 4.78 is 10.8. The molecule has 0 aliphatic heterocycles. The summed E-state index contributed by atoms with van der Waals surface area (Å²) in [6.07, 6.45) is 0. The topological polar surface area (TPSA) is 30.5 Å². The maximum absolute atomic E-state index is 6.30. The zero-order valence-corrected chi connectivity index (χ0v) is 14.5. The fourth-order valence-corrected chi connectivity index (χ4v) is 2.54. The molecule has 0 saturated carbocycles. The van der Waals surface area contributed by atoms with E-state index < -0.39 is 0 Å². The third kappa shape index (κ3) is 4.13. The van der Waals surface area contributed by atoms with Crippen LogP contribution in [0.2, 0.25) is 15.1 Å². The van der Waals surface area contributed by atoms with Gasteiger partial charge in [0.1, 0.15) is 0 Å². The molecule has 0 radical (unpaired) electrons. The van der Waals surface area contributed by atoms with Crippen LogP contribution in [0.1, 0.15) is 12.5 Å². The molecule has 0 fully saturated rings. The van der Waals surface area contributed by atoms with Crippen molar-refractivity contribution in [1.82, 2.24) is 0 Å². The lowest BCUT2D eigenvalue weighted by atomic mass is 10.2. The van der Waals surface area contributed by atoms with Crippen LogP contribution in [-0.2, 0) is 6.54 Å². The Morgan fingerprint density at radius 3 is 2.45 bits per heavy atom. The van der Waals surface area contributed by atoms with Gasteiger partial charge in [0.25, 0.3) is 0 Å². The standard InChI is InChI=1S/C16H16Cl3NO2/c1-3-22-16-8-13(19)10(6-15(16)21-2)9-20-14-7-11(17)4-5-12(14)18/h4-8,20H,3,9H2,1-2H3. The second-order valence-electron chi connectivity index (χ2n) is 4.51. The van der Waals surface area contributed by atoms with Crippen LogP contribution in [0.15, 0.2) is 30.3 Å². The van der Waals surface area contributed by atoms with Crippen molar-refractivity contribution < 1.29 is 9.47 Å². The molecule has 0 bridgehead atoms. The quantitative estimate of drug-likeness (QED) is 0.720. The molecule has 3 nitrogen and oxygen atoms in total. The molecule has 6 heteroatoms. The van der Waals surface area contributed by atoms with Crippen LogP contribution < -0.4 is 14.8 Å². The van der Waals surface area contributed by atoms with Crippen LogP contribution in [0.4, 0.5) is 5.69 Å². The minimum atomic E-state index is 0.488. The predicted molar refractivity (Wildman–Crippen MR) is 93.0 cm³/mol. The van der Waals surface area contributed by atoms with E-state index in [2.05, 4.69) is 5.32 Å². The summed E-state index contributed by atoms with van der Waals surface area (Å²) in [5.74, 6) is 1.26. The van der Waals surface area contributed by atoms with E-state index in [1.54, 1.807) is 31.4 Å². The lowest BCUT2D eigenvalue weighted by Crippen LogP contribution is -2.03. The normalized spacial score (nSPS) is 10.4. The molecule has 2 rings (SSSR count). The van der Waals surface area contributed by atoms with Crippen molar-refractivity contribution in [3.05, 3.63) is 51.0 Å². The summed E-state index contributed by atoms with van der Waals surface area (Å²) in [5.41, 5.74) is 1.62. The molecule has 0 aliphatic rings. The molecule has 1 N–H and O–H groups in total. The number of nitrogens with one attached hydrogen (secondary N) is 1. The van der Waals surface area contributed by atoms with Gasteiger partial charge in [-0.05, 0) is 36.8 Å². The van der Waals surface area contributed by atoms with E-state index in [0.717, 1.165) is 11.3 Å². The van der Waals surface area contributed by atoms with Crippen molar-refractivity contribution in [2.45, 2.75) is 13.5 Å². The van der Waals surface area contributed by atoms with Crippen molar-refractivity contribution in [3.63, 3.8) is 0 Å². The van der Waals surface area contributed by atoms with Crippen molar-refractivity contribution in [2.24, 2.45) is 0 Å². The molecule has 0 heterocycles. The molecule has 0 saturated heterocycles. The zero-order valence-electron chi connectivity index (χ0n) is 12.3. The largest absolute Gasteiger partial charge is 0.493 e. The summed E-state index contributed by atoms with van der Waals surface area (Å²) in [6, 6.07) is 8.84. The third-order valence-electron chi connectivity index (χ3n) is 3.03. The van der Waals surface area contributed by atoms with Crippen LogP contribution in [0.25, 0.3) is 0 Å². The van der Waals surface area contributed by atoms with Gasteiger partial charge in [-0.1, -0.05) is 34.8 Å². The van der Waals surface area contributed by atoms with Crippen molar-refractivity contribution >= 4 is 40.5 Å². The van der Waals surface area contributed by atoms with E-state index in [0.29, 0.717) is 39.7 Å². The molecule has 0 atom stereocenters. The van der Waals surface area contributed by atoms with Crippen LogP contribution >= 0.6 is 34.8 Å². The molecule has 0 amide bonds. The van der Waals surface area contributed by atoms with Crippen LogP contribution in [-0.4, -0.2) is 13.7 Å². The molecule has 2 aromatic carbocycles. The summed E-state index contributed by atoms with van der Waals surface area (Å²) in [5, 5.41) is 5.02. The third-order valence-corrected chi connectivity index (χ3v) is 3.95. The molecule has 0 aliphatic carbocycles. The number of hydrogen-bond acceptors (Lipinski definition) is 3. The van der Waals surface area contributed by atoms with E-state index in [4.69, 9.17) is 44.3 Å². The second-order valence-corrected chi connectivity index (χ2v) is 5.76. The minimum absolute atomic E-state index is 0.488. The highest BCUT2D eigenvalue weighted by Crippen LogP contribution is 2.34. The Kier molecular flexibility index (Phi) is 6.07. The summed E-state index contributed by atoms with van der Waals surface area (Å²) >= 11 is 18.4. The first-order valence-electron chi connectivity index (χ1n) is 6.73. The lowest BCUT2D eigenvalue weighted by molar-refractivity contribution is 0.311. The maximum Gasteiger partial charge on any atom is 0.162 e. The Morgan fingerprint density at radius 1 is 1.00 bits per heavy atom. The van der Waals surface area contributed by atoms with E-state index in [-0.39, 0.29) is 0 Å². The smallest absolute Gasteiger partial charge is 0.162 e. The van der Waals surface area contributed by atoms with Crippen molar-refractivity contribution in [1.29, 1.82) is 0 Å². The van der Waals surface area contributed by atoms with Gasteiger partial charge in [-0.2, -0.15) is 0 Å². The number of hydrogen-bond donors (Lipinski definition) is 1. The van der Waals surface area contributed by atoms with Gasteiger partial charge < -0.3 is 14.8 Å². The molecule has 118 valence electrons. The number of rotatable bonds is 6. The number of halogens is 3. The number of anilines is 1. The van der Waals surface area contributed by atoms with Gasteiger partial charge in [-0.25, -0.2) is 0 Å². The number of ether oxygens (including phenoxy) is 2. The van der Waals surface area contributed by atoms with Gasteiger partial charge in [0.05, 0.1) is 24.4 Å². The van der Waals surface area contributed by atoms with E-state index in [1.165, 1.54) is 0 Å². The van der Waals surface area contributed by atoms with Crippen LogP contribution in [0.3, 0.4) is 0 Å². The molecular formula is C16H16Cl3NO2. The number of benzene rings is 2. The van der Waals surface area contributed by atoms with E-state index in [1.807, 2.05) is 13.0 Å². The average Bonchev–Trinajstić information content (AvgIpc) is 2.50. The number of methoxy groups -OCH3 is 1. The Balaban J connectivity index is 2.20. The summed E-state index contributed by atoms with van der Waals surface area (Å²) in [6.45, 7) is 2.94. The second kappa shape index (κ2) is 7.82. The highest BCUT2D eigenvalue weighted by Gasteiger charge is 2.11. The molecule has 0 spiro atoms. The molecule has 22 heavy (non-hydrogen) atoms. The first-order valence-corrected chi connectivity index (χ1v) is 7.86. The Bertz CT molecular complexity index is 662. The fraction of sp³-hybridized carbons (Fsp3) is 0.250. The Hall–Kier alpha value is -1.29. The van der Waals surface area contributed by atoms with E-state index in [9.17, 15) is 0 Å². The van der Waals surface area contributed by atoms with Crippen LogP contribution in [0, 0.1) is 0 Å². The lowest BCUT2D eigenvalue weighted by Gasteiger charge is -2.14. The minimum Gasteiger partial charge on any atom is -0.493 e. The van der Waals surface area contributed by atoms with Gasteiger partial charge in [-0.15, -0.1) is 0 Å². The summed E-state index contributed by atoms with van der Waals surface area (Å²) in [7, 11) is 1.59. The molecule has 2 aromatic rings.